The Labute approximate surface area is 77.0 Å². The van der Waals surface area contributed by atoms with Crippen LogP contribution in [0.15, 0.2) is 24.4 Å². The molecule has 0 aromatic carbocycles. The van der Waals surface area contributed by atoms with Gasteiger partial charge in [-0.2, -0.15) is 11.8 Å². The van der Waals surface area contributed by atoms with Gasteiger partial charge in [0.1, 0.15) is 0 Å². The second kappa shape index (κ2) is 5.17. The van der Waals surface area contributed by atoms with Gasteiger partial charge in [-0.05, 0) is 18.4 Å². The van der Waals surface area contributed by atoms with E-state index in [1.165, 1.54) is 0 Å². The Morgan fingerprint density at radius 3 is 3.00 bits per heavy atom. The molecule has 1 unspecified atom stereocenters. The van der Waals surface area contributed by atoms with Crippen molar-refractivity contribution in [3.63, 3.8) is 0 Å². The van der Waals surface area contributed by atoms with Crippen LogP contribution < -0.4 is 0 Å². The first kappa shape index (κ1) is 9.55. The number of hydrogen-bond acceptors (Lipinski definition) is 3. The van der Waals surface area contributed by atoms with Crippen LogP contribution >= 0.6 is 11.8 Å². The van der Waals surface area contributed by atoms with E-state index in [1.54, 1.807) is 18.0 Å². The third-order valence-electron chi connectivity index (χ3n) is 1.53. The lowest BCUT2D eigenvalue weighted by molar-refractivity contribution is 0.199. The Morgan fingerprint density at radius 1 is 1.58 bits per heavy atom. The van der Waals surface area contributed by atoms with Crippen molar-refractivity contribution in [1.29, 1.82) is 0 Å². The summed E-state index contributed by atoms with van der Waals surface area (Å²) in [6, 6.07) is 5.75. The molecule has 66 valence electrons. The molecule has 2 nitrogen and oxygen atoms in total. The Hall–Kier alpha value is -0.540. The van der Waals surface area contributed by atoms with E-state index < -0.39 is 0 Å². The van der Waals surface area contributed by atoms with Crippen LogP contribution in [-0.4, -0.2) is 28.2 Å². The predicted molar refractivity (Wildman–Crippen MR) is 52.3 cm³/mol. The van der Waals surface area contributed by atoms with Crippen molar-refractivity contribution in [2.24, 2.45) is 0 Å². The smallest absolute Gasteiger partial charge is 0.0685 e. The summed E-state index contributed by atoms with van der Waals surface area (Å²) >= 11 is 1.65. The molecule has 0 radical (unpaired) electrons. The average molecular weight is 183 g/mol. The van der Waals surface area contributed by atoms with Crippen molar-refractivity contribution < 1.29 is 5.11 Å². The molecule has 0 amide bonds. The van der Waals surface area contributed by atoms with Crippen LogP contribution in [0.5, 0.6) is 0 Å². The van der Waals surface area contributed by atoms with Gasteiger partial charge in [-0.3, -0.25) is 4.98 Å². The predicted octanol–water partition coefficient (Wildman–Crippen LogP) is 1.35. The van der Waals surface area contributed by atoms with E-state index in [-0.39, 0.29) is 6.10 Å². The van der Waals surface area contributed by atoms with E-state index in [4.69, 9.17) is 0 Å². The van der Waals surface area contributed by atoms with E-state index in [2.05, 4.69) is 4.98 Å². The van der Waals surface area contributed by atoms with Gasteiger partial charge in [0, 0.05) is 24.1 Å². The van der Waals surface area contributed by atoms with Crippen molar-refractivity contribution in [3.05, 3.63) is 30.1 Å². The molecule has 12 heavy (non-hydrogen) atoms. The lowest BCUT2D eigenvalue weighted by atomic mass is 10.2. The first-order chi connectivity index (χ1) is 5.83. The molecule has 1 N–H and O–H groups in total. The summed E-state index contributed by atoms with van der Waals surface area (Å²) in [5.74, 6) is 0.774. The number of aliphatic hydroxyl groups excluding tert-OH is 1. The Morgan fingerprint density at radius 2 is 2.42 bits per heavy atom. The standard InChI is InChI=1S/C9H13NOS/c1-12-7-9(11)6-8-4-2-3-5-10-8/h2-5,9,11H,6-7H2,1H3. The summed E-state index contributed by atoms with van der Waals surface area (Å²) in [5, 5.41) is 9.44. The highest BCUT2D eigenvalue weighted by Gasteiger charge is 2.04. The Bertz CT molecular complexity index is 215. The molecule has 0 aliphatic rings. The van der Waals surface area contributed by atoms with Gasteiger partial charge in [0.05, 0.1) is 6.10 Å². The van der Waals surface area contributed by atoms with Gasteiger partial charge in [-0.15, -0.1) is 0 Å². The van der Waals surface area contributed by atoms with Crippen LogP contribution in [0.3, 0.4) is 0 Å². The fraction of sp³-hybridized carbons (Fsp3) is 0.444. The molecular formula is C9H13NOS. The number of nitrogens with zero attached hydrogens (tertiary/aromatic N) is 1. The quantitative estimate of drug-likeness (QED) is 0.765. The maximum atomic E-state index is 9.44. The molecule has 1 aromatic heterocycles. The normalized spacial score (nSPS) is 12.8. The molecule has 0 aliphatic carbocycles. The maximum absolute atomic E-state index is 9.44. The lowest BCUT2D eigenvalue weighted by Crippen LogP contribution is -2.13. The minimum Gasteiger partial charge on any atom is -0.392 e. The zero-order valence-electron chi connectivity index (χ0n) is 7.10. The number of aromatic nitrogens is 1. The van der Waals surface area contributed by atoms with Crippen molar-refractivity contribution in [3.8, 4) is 0 Å². The zero-order chi connectivity index (χ0) is 8.81. The second-order valence-corrected chi connectivity index (χ2v) is 3.55. The largest absolute Gasteiger partial charge is 0.392 e. The monoisotopic (exact) mass is 183 g/mol. The molecule has 0 fully saturated rings. The highest BCUT2D eigenvalue weighted by atomic mass is 32.2. The molecule has 0 saturated carbocycles. The van der Waals surface area contributed by atoms with Crippen LogP contribution in [0, 0.1) is 0 Å². The molecule has 3 heteroatoms. The van der Waals surface area contributed by atoms with E-state index in [0.717, 1.165) is 11.4 Å². The van der Waals surface area contributed by atoms with Crippen molar-refractivity contribution in [1.82, 2.24) is 4.98 Å². The maximum Gasteiger partial charge on any atom is 0.0685 e. The van der Waals surface area contributed by atoms with Gasteiger partial charge in [0.2, 0.25) is 0 Å². The minimum atomic E-state index is -0.269. The number of hydrogen-bond donors (Lipinski definition) is 1. The third kappa shape index (κ3) is 3.24. The average Bonchev–Trinajstić information content (AvgIpc) is 2.06. The number of pyridine rings is 1. The highest BCUT2D eigenvalue weighted by molar-refractivity contribution is 7.98. The molecule has 1 rings (SSSR count). The summed E-state index contributed by atoms with van der Waals surface area (Å²) in [7, 11) is 0. The van der Waals surface area contributed by atoms with E-state index >= 15 is 0 Å². The molecule has 1 aromatic rings. The lowest BCUT2D eigenvalue weighted by Gasteiger charge is -2.06. The highest BCUT2D eigenvalue weighted by Crippen LogP contribution is 2.03. The summed E-state index contributed by atoms with van der Waals surface area (Å²) in [5.41, 5.74) is 0.957. The van der Waals surface area contributed by atoms with Gasteiger partial charge in [-0.1, -0.05) is 6.07 Å². The van der Waals surface area contributed by atoms with Gasteiger partial charge in [0.25, 0.3) is 0 Å². The minimum absolute atomic E-state index is 0.269. The Balaban J connectivity index is 2.41. The van der Waals surface area contributed by atoms with E-state index in [9.17, 15) is 5.11 Å². The topological polar surface area (TPSA) is 33.1 Å². The first-order valence-corrected chi connectivity index (χ1v) is 5.29. The molecule has 1 atom stereocenters. The van der Waals surface area contributed by atoms with Crippen molar-refractivity contribution in [2.75, 3.05) is 12.0 Å². The molecule has 0 bridgehead atoms. The van der Waals surface area contributed by atoms with Crippen molar-refractivity contribution in [2.45, 2.75) is 12.5 Å². The molecule has 1 heterocycles. The van der Waals surface area contributed by atoms with Crippen LogP contribution in [0.4, 0.5) is 0 Å². The number of aliphatic hydroxyl groups is 1. The van der Waals surface area contributed by atoms with Gasteiger partial charge in [-0.25, -0.2) is 0 Å². The van der Waals surface area contributed by atoms with Crippen LogP contribution in [-0.2, 0) is 6.42 Å². The van der Waals surface area contributed by atoms with E-state index in [0.29, 0.717) is 6.42 Å². The SMILES string of the molecule is CSCC(O)Cc1ccccn1. The zero-order valence-corrected chi connectivity index (χ0v) is 7.92. The van der Waals surface area contributed by atoms with Crippen LogP contribution in [0.2, 0.25) is 0 Å². The Kier molecular flexibility index (Phi) is 4.11. The summed E-state index contributed by atoms with van der Waals surface area (Å²) < 4.78 is 0. The van der Waals surface area contributed by atoms with Crippen LogP contribution in [0.1, 0.15) is 5.69 Å². The van der Waals surface area contributed by atoms with Gasteiger partial charge >= 0.3 is 0 Å². The fourth-order valence-corrected chi connectivity index (χ4v) is 1.51. The second-order valence-electron chi connectivity index (χ2n) is 2.63. The van der Waals surface area contributed by atoms with Gasteiger partial charge in [0.15, 0.2) is 0 Å². The summed E-state index contributed by atoms with van der Waals surface area (Å²) in [6.07, 6.45) is 4.12. The van der Waals surface area contributed by atoms with E-state index in [1.807, 2.05) is 24.5 Å². The molecule has 0 spiro atoms. The molecule has 0 aliphatic heterocycles. The number of thioether (sulfide) groups is 1. The van der Waals surface area contributed by atoms with Crippen molar-refractivity contribution >= 4 is 11.8 Å². The fourth-order valence-electron chi connectivity index (χ4n) is 1.01. The third-order valence-corrected chi connectivity index (χ3v) is 2.25. The first-order valence-electron chi connectivity index (χ1n) is 3.90. The summed E-state index contributed by atoms with van der Waals surface area (Å²) in [6.45, 7) is 0. The molecular weight excluding hydrogens is 170 g/mol. The number of rotatable bonds is 4. The summed E-state index contributed by atoms with van der Waals surface area (Å²) in [4.78, 5) is 4.13. The van der Waals surface area contributed by atoms with Gasteiger partial charge < -0.3 is 5.11 Å². The van der Waals surface area contributed by atoms with Crippen LogP contribution in [0.25, 0.3) is 0 Å². The molecule has 0 saturated heterocycles.